The predicted octanol–water partition coefficient (Wildman–Crippen LogP) is 1.52. The molecule has 0 fully saturated rings. The van der Waals surface area contributed by atoms with Crippen LogP contribution < -0.4 is 5.73 Å². The number of nitrogen functional groups attached to an aromatic ring is 1. The topological polar surface area (TPSA) is 85.9 Å². The number of rotatable bonds is 3. The lowest BCUT2D eigenvalue weighted by Gasteiger charge is -2.08. The van der Waals surface area contributed by atoms with Crippen molar-refractivity contribution in [2.24, 2.45) is 0 Å². The second-order valence-electron chi connectivity index (χ2n) is 3.71. The molecule has 0 saturated heterocycles. The van der Waals surface area contributed by atoms with E-state index in [-0.39, 0.29) is 16.6 Å². The van der Waals surface area contributed by atoms with Crippen molar-refractivity contribution in [1.29, 1.82) is 0 Å². The first kappa shape index (κ1) is 12.5. The van der Waals surface area contributed by atoms with Gasteiger partial charge in [-0.3, -0.25) is 0 Å². The third-order valence-corrected chi connectivity index (χ3v) is 4.27. The van der Waals surface area contributed by atoms with Gasteiger partial charge in [-0.05, 0) is 0 Å². The summed E-state index contributed by atoms with van der Waals surface area (Å²) in [4.78, 5) is 7.93. The summed E-state index contributed by atoms with van der Waals surface area (Å²) in [6.07, 6.45) is 1.27. The second-order valence-corrected chi connectivity index (χ2v) is 5.96. The van der Waals surface area contributed by atoms with Crippen molar-refractivity contribution in [2.45, 2.75) is 11.8 Å². The van der Waals surface area contributed by atoms with E-state index in [0.717, 1.165) is 0 Å². The molecular weight excluding hydrogens is 250 g/mol. The molecule has 0 unspecified atom stereocenters. The molecule has 0 amide bonds. The summed E-state index contributed by atoms with van der Waals surface area (Å²) in [5, 5.41) is 0. The zero-order valence-corrected chi connectivity index (χ0v) is 10.7. The van der Waals surface area contributed by atoms with E-state index in [1.54, 1.807) is 19.1 Å². The number of nitrogens with zero attached hydrogens (tertiary/aromatic N) is 2. The quantitative estimate of drug-likeness (QED) is 0.907. The van der Waals surface area contributed by atoms with E-state index in [2.05, 4.69) is 9.97 Å². The van der Waals surface area contributed by atoms with Gasteiger partial charge in [-0.1, -0.05) is 37.3 Å². The van der Waals surface area contributed by atoms with Gasteiger partial charge in [-0.25, -0.2) is 18.4 Å². The number of anilines is 1. The Morgan fingerprint density at radius 2 is 1.89 bits per heavy atom. The maximum absolute atomic E-state index is 12.0. The van der Waals surface area contributed by atoms with Crippen LogP contribution in [0.15, 0.2) is 41.4 Å². The maximum Gasteiger partial charge on any atom is 0.220 e. The van der Waals surface area contributed by atoms with Crippen LogP contribution in [0.2, 0.25) is 0 Å². The zero-order valence-electron chi connectivity index (χ0n) is 9.87. The molecule has 0 bridgehead atoms. The summed E-state index contributed by atoms with van der Waals surface area (Å²) >= 11 is 0. The summed E-state index contributed by atoms with van der Waals surface area (Å²) in [6.45, 7) is 1.58. The van der Waals surface area contributed by atoms with Gasteiger partial charge in [-0.15, -0.1) is 0 Å². The Kier molecular flexibility index (Phi) is 3.29. The normalized spacial score (nSPS) is 11.4. The molecule has 94 valence electrons. The highest BCUT2D eigenvalue weighted by molar-refractivity contribution is 7.91. The third kappa shape index (κ3) is 2.33. The van der Waals surface area contributed by atoms with Gasteiger partial charge in [-0.2, -0.15) is 0 Å². The van der Waals surface area contributed by atoms with Gasteiger partial charge in [0.05, 0.1) is 17.6 Å². The number of nitrogens with two attached hydrogens (primary N) is 1. The molecule has 2 aromatic rings. The first-order chi connectivity index (χ1) is 8.54. The van der Waals surface area contributed by atoms with Crippen molar-refractivity contribution in [3.63, 3.8) is 0 Å². The molecule has 18 heavy (non-hydrogen) atoms. The molecule has 1 aromatic heterocycles. The van der Waals surface area contributed by atoms with Gasteiger partial charge >= 0.3 is 0 Å². The van der Waals surface area contributed by atoms with E-state index in [4.69, 9.17) is 5.73 Å². The smallest absolute Gasteiger partial charge is 0.220 e. The van der Waals surface area contributed by atoms with Crippen molar-refractivity contribution < 1.29 is 8.42 Å². The van der Waals surface area contributed by atoms with Crippen LogP contribution in [0.3, 0.4) is 0 Å². The highest BCUT2D eigenvalue weighted by Crippen LogP contribution is 2.25. The molecule has 0 atom stereocenters. The minimum absolute atomic E-state index is 0.000111. The molecule has 0 aliphatic rings. The first-order valence-electron chi connectivity index (χ1n) is 5.45. The SMILES string of the molecule is CCS(=O)(=O)c1cnc(N)nc1-c1ccccc1. The Morgan fingerprint density at radius 3 is 2.50 bits per heavy atom. The van der Waals surface area contributed by atoms with Gasteiger partial charge in [0.1, 0.15) is 4.90 Å². The van der Waals surface area contributed by atoms with Crippen molar-refractivity contribution >= 4 is 15.8 Å². The van der Waals surface area contributed by atoms with E-state index in [9.17, 15) is 8.42 Å². The van der Waals surface area contributed by atoms with Crippen LogP contribution in [0, 0.1) is 0 Å². The zero-order chi connectivity index (χ0) is 13.2. The van der Waals surface area contributed by atoms with Gasteiger partial charge in [0.15, 0.2) is 9.84 Å². The minimum Gasteiger partial charge on any atom is -0.368 e. The lowest BCUT2D eigenvalue weighted by atomic mass is 10.1. The van der Waals surface area contributed by atoms with Crippen molar-refractivity contribution in [3.05, 3.63) is 36.5 Å². The second kappa shape index (κ2) is 4.73. The summed E-state index contributed by atoms with van der Waals surface area (Å²) in [6, 6.07) is 9.06. The van der Waals surface area contributed by atoms with Crippen LogP contribution in [-0.2, 0) is 9.84 Å². The summed E-state index contributed by atoms with van der Waals surface area (Å²) in [5.41, 5.74) is 6.59. The molecule has 0 aliphatic carbocycles. The van der Waals surface area contributed by atoms with Gasteiger partial charge in [0.2, 0.25) is 5.95 Å². The molecule has 0 aliphatic heterocycles. The molecule has 1 aromatic carbocycles. The van der Waals surface area contributed by atoms with Gasteiger partial charge in [0, 0.05) is 5.56 Å². The van der Waals surface area contributed by atoms with Crippen LogP contribution >= 0.6 is 0 Å². The largest absolute Gasteiger partial charge is 0.368 e. The Hall–Kier alpha value is -1.95. The molecule has 0 radical (unpaired) electrons. The van der Waals surface area contributed by atoms with E-state index in [1.165, 1.54) is 6.20 Å². The number of sulfone groups is 1. The Bertz CT molecular complexity index is 654. The summed E-state index contributed by atoms with van der Waals surface area (Å²) in [5.74, 6) is 0.0593. The highest BCUT2D eigenvalue weighted by atomic mass is 32.2. The number of hydrogen-bond acceptors (Lipinski definition) is 5. The fraction of sp³-hybridized carbons (Fsp3) is 0.167. The van der Waals surface area contributed by atoms with Crippen LogP contribution in [0.4, 0.5) is 5.95 Å². The Morgan fingerprint density at radius 1 is 1.22 bits per heavy atom. The lowest BCUT2D eigenvalue weighted by molar-refractivity contribution is 0.597. The maximum atomic E-state index is 12.0. The van der Waals surface area contributed by atoms with Gasteiger partial charge in [0.25, 0.3) is 0 Å². The van der Waals surface area contributed by atoms with Crippen molar-refractivity contribution in [1.82, 2.24) is 9.97 Å². The monoisotopic (exact) mass is 263 g/mol. The van der Waals surface area contributed by atoms with E-state index >= 15 is 0 Å². The Balaban J connectivity index is 2.70. The van der Waals surface area contributed by atoms with Crippen molar-refractivity contribution in [3.8, 4) is 11.3 Å². The number of benzene rings is 1. The fourth-order valence-electron chi connectivity index (χ4n) is 1.57. The standard InChI is InChI=1S/C12H13N3O2S/c1-2-18(16,17)10-8-14-12(13)15-11(10)9-6-4-3-5-7-9/h3-8H,2H2,1H3,(H2,13,14,15). The predicted molar refractivity (Wildman–Crippen MR) is 69.6 cm³/mol. The molecule has 5 nitrogen and oxygen atoms in total. The fourth-order valence-corrected chi connectivity index (χ4v) is 2.55. The third-order valence-electron chi connectivity index (χ3n) is 2.54. The minimum atomic E-state index is -3.37. The van der Waals surface area contributed by atoms with E-state index in [1.807, 2.05) is 18.2 Å². The van der Waals surface area contributed by atoms with Crippen molar-refractivity contribution in [2.75, 3.05) is 11.5 Å². The average Bonchev–Trinajstić information content (AvgIpc) is 2.39. The van der Waals surface area contributed by atoms with Crippen LogP contribution in [-0.4, -0.2) is 24.1 Å². The van der Waals surface area contributed by atoms with E-state index in [0.29, 0.717) is 11.3 Å². The van der Waals surface area contributed by atoms with Crippen LogP contribution in [0.25, 0.3) is 11.3 Å². The van der Waals surface area contributed by atoms with Gasteiger partial charge < -0.3 is 5.73 Å². The Labute approximate surface area is 106 Å². The number of aromatic nitrogens is 2. The first-order valence-corrected chi connectivity index (χ1v) is 7.10. The molecule has 6 heteroatoms. The summed E-state index contributed by atoms with van der Waals surface area (Å²) < 4.78 is 24.0. The highest BCUT2D eigenvalue weighted by Gasteiger charge is 2.19. The lowest BCUT2D eigenvalue weighted by Crippen LogP contribution is -2.09. The molecule has 2 N–H and O–H groups in total. The van der Waals surface area contributed by atoms with E-state index < -0.39 is 9.84 Å². The number of hydrogen-bond donors (Lipinski definition) is 1. The average molecular weight is 263 g/mol. The molecule has 0 saturated carbocycles. The summed E-state index contributed by atoms with van der Waals surface area (Å²) in [7, 11) is -3.37. The molecule has 1 heterocycles. The molecular formula is C12H13N3O2S. The molecule has 2 rings (SSSR count). The van der Waals surface area contributed by atoms with Crippen LogP contribution in [0.5, 0.6) is 0 Å². The molecule has 0 spiro atoms. The van der Waals surface area contributed by atoms with Crippen LogP contribution in [0.1, 0.15) is 6.92 Å².